The van der Waals surface area contributed by atoms with Gasteiger partial charge in [0.05, 0.1) is 5.60 Å². The van der Waals surface area contributed by atoms with Gasteiger partial charge in [-0.15, -0.1) is 0 Å². The van der Waals surface area contributed by atoms with Crippen molar-refractivity contribution in [2.45, 2.75) is 51.7 Å². The highest BCUT2D eigenvalue weighted by Crippen LogP contribution is 2.26. The van der Waals surface area contributed by atoms with Crippen molar-refractivity contribution in [1.82, 2.24) is 5.32 Å². The van der Waals surface area contributed by atoms with Gasteiger partial charge in [-0.05, 0) is 44.4 Å². The number of methoxy groups -OCH3 is 1. The molecule has 18 heavy (non-hydrogen) atoms. The van der Waals surface area contributed by atoms with Crippen LogP contribution in [0.3, 0.4) is 0 Å². The van der Waals surface area contributed by atoms with Gasteiger partial charge in [-0.2, -0.15) is 0 Å². The highest BCUT2D eigenvalue weighted by Gasteiger charge is 2.22. The largest absolute Gasteiger partial charge is 0.379 e. The smallest absolute Gasteiger partial charge is 0.0640 e. The second-order valence-electron chi connectivity index (χ2n) is 5.83. The molecule has 0 saturated carbocycles. The molecule has 0 aromatic heterocycles. The van der Waals surface area contributed by atoms with E-state index in [4.69, 9.17) is 4.74 Å². The Bertz CT molecular complexity index is 354. The van der Waals surface area contributed by atoms with Crippen molar-refractivity contribution in [2.24, 2.45) is 0 Å². The first-order chi connectivity index (χ1) is 8.39. The lowest BCUT2D eigenvalue weighted by Crippen LogP contribution is -2.30. The Kier molecular flexibility index (Phi) is 5.36. The second kappa shape index (κ2) is 6.35. The Morgan fingerprint density at radius 3 is 2.00 bits per heavy atom. The summed E-state index contributed by atoms with van der Waals surface area (Å²) >= 11 is 0. The molecule has 1 aromatic rings. The molecule has 2 heteroatoms. The van der Waals surface area contributed by atoms with Crippen LogP contribution in [0.2, 0.25) is 0 Å². The summed E-state index contributed by atoms with van der Waals surface area (Å²) in [5.41, 5.74) is 2.61. The van der Waals surface area contributed by atoms with Gasteiger partial charge in [0.25, 0.3) is 0 Å². The minimum absolute atomic E-state index is 0.107. The number of hydrogen-bond donors (Lipinski definition) is 1. The average molecular weight is 249 g/mol. The highest BCUT2D eigenvalue weighted by molar-refractivity contribution is 5.27. The molecule has 0 heterocycles. The van der Waals surface area contributed by atoms with Crippen molar-refractivity contribution in [3.05, 3.63) is 35.4 Å². The number of ether oxygens (including phenoxy) is 1. The van der Waals surface area contributed by atoms with Crippen LogP contribution in [0.5, 0.6) is 0 Å². The van der Waals surface area contributed by atoms with Gasteiger partial charge in [0.15, 0.2) is 0 Å². The van der Waals surface area contributed by atoms with Gasteiger partial charge in [0, 0.05) is 13.2 Å². The SMILES string of the molecule is CNC(CC(C)(C)OC)c1ccc(C(C)C)cc1. The van der Waals surface area contributed by atoms with Crippen LogP contribution in [0, 0.1) is 0 Å². The summed E-state index contributed by atoms with van der Waals surface area (Å²) in [7, 11) is 3.78. The van der Waals surface area contributed by atoms with Gasteiger partial charge >= 0.3 is 0 Å². The van der Waals surface area contributed by atoms with E-state index >= 15 is 0 Å². The van der Waals surface area contributed by atoms with Crippen molar-refractivity contribution in [3.63, 3.8) is 0 Å². The summed E-state index contributed by atoms with van der Waals surface area (Å²) in [6.45, 7) is 8.69. The lowest BCUT2D eigenvalue weighted by Gasteiger charge is -2.28. The summed E-state index contributed by atoms with van der Waals surface area (Å²) in [6.07, 6.45) is 0.959. The summed E-state index contributed by atoms with van der Waals surface area (Å²) in [5.74, 6) is 0.586. The molecule has 1 N–H and O–H groups in total. The van der Waals surface area contributed by atoms with Crippen LogP contribution in [0.1, 0.15) is 57.2 Å². The first-order valence-electron chi connectivity index (χ1n) is 6.72. The van der Waals surface area contributed by atoms with Gasteiger partial charge in [-0.3, -0.25) is 0 Å². The fourth-order valence-corrected chi connectivity index (χ4v) is 2.07. The van der Waals surface area contributed by atoms with Gasteiger partial charge in [0.1, 0.15) is 0 Å². The molecular formula is C16H27NO. The van der Waals surface area contributed by atoms with Crippen molar-refractivity contribution in [2.75, 3.05) is 14.2 Å². The van der Waals surface area contributed by atoms with E-state index in [1.807, 2.05) is 7.05 Å². The molecule has 0 saturated heterocycles. The van der Waals surface area contributed by atoms with E-state index in [9.17, 15) is 0 Å². The predicted octanol–water partition coefficient (Wildman–Crippen LogP) is 3.89. The minimum atomic E-state index is -0.107. The first kappa shape index (κ1) is 15.2. The molecule has 0 amide bonds. The molecule has 102 valence electrons. The zero-order valence-corrected chi connectivity index (χ0v) is 12.6. The van der Waals surface area contributed by atoms with E-state index < -0.39 is 0 Å². The zero-order valence-electron chi connectivity index (χ0n) is 12.6. The van der Waals surface area contributed by atoms with E-state index in [1.165, 1.54) is 11.1 Å². The minimum Gasteiger partial charge on any atom is -0.379 e. The third-order valence-electron chi connectivity index (χ3n) is 3.60. The third kappa shape index (κ3) is 4.11. The number of rotatable bonds is 6. The summed E-state index contributed by atoms with van der Waals surface area (Å²) in [4.78, 5) is 0. The van der Waals surface area contributed by atoms with Crippen LogP contribution in [0.25, 0.3) is 0 Å². The van der Waals surface area contributed by atoms with E-state index in [0.717, 1.165) is 6.42 Å². The number of nitrogens with one attached hydrogen (secondary N) is 1. The molecule has 0 fully saturated rings. The number of benzene rings is 1. The topological polar surface area (TPSA) is 21.3 Å². The van der Waals surface area contributed by atoms with E-state index in [1.54, 1.807) is 7.11 Å². The lowest BCUT2D eigenvalue weighted by atomic mass is 9.92. The Morgan fingerprint density at radius 1 is 1.11 bits per heavy atom. The van der Waals surface area contributed by atoms with Crippen molar-refractivity contribution in [1.29, 1.82) is 0 Å². The fraction of sp³-hybridized carbons (Fsp3) is 0.625. The zero-order chi connectivity index (χ0) is 13.8. The van der Waals surface area contributed by atoms with Crippen LogP contribution in [0.4, 0.5) is 0 Å². The molecule has 0 spiro atoms. The molecule has 2 nitrogen and oxygen atoms in total. The van der Waals surface area contributed by atoms with Crippen LogP contribution >= 0.6 is 0 Å². The van der Waals surface area contributed by atoms with Crippen molar-refractivity contribution < 1.29 is 4.74 Å². The Labute approximate surface area is 112 Å². The third-order valence-corrected chi connectivity index (χ3v) is 3.60. The Morgan fingerprint density at radius 2 is 1.61 bits per heavy atom. The summed E-state index contributed by atoms with van der Waals surface area (Å²) in [6, 6.07) is 9.24. The van der Waals surface area contributed by atoms with E-state index in [2.05, 4.69) is 57.3 Å². The van der Waals surface area contributed by atoms with Crippen molar-refractivity contribution in [3.8, 4) is 0 Å². The standard InChI is InChI=1S/C16H27NO/c1-12(2)13-7-9-14(10-8-13)15(17-5)11-16(3,4)18-6/h7-10,12,15,17H,11H2,1-6H3. The maximum Gasteiger partial charge on any atom is 0.0640 e. The molecule has 1 atom stereocenters. The molecule has 0 radical (unpaired) electrons. The van der Waals surface area contributed by atoms with Crippen LogP contribution in [-0.4, -0.2) is 19.8 Å². The quantitative estimate of drug-likeness (QED) is 0.826. The van der Waals surface area contributed by atoms with Crippen LogP contribution < -0.4 is 5.32 Å². The normalized spacial score (nSPS) is 13.9. The van der Waals surface area contributed by atoms with E-state index in [-0.39, 0.29) is 5.60 Å². The molecule has 0 aliphatic heterocycles. The van der Waals surface area contributed by atoms with Crippen LogP contribution in [-0.2, 0) is 4.74 Å². The molecular weight excluding hydrogens is 222 g/mol. The summed E-state index contributed by atoms with van der Waals surface area (Å²) < 4.78 is 5.51. The maximum atomic E-state index is 5.51. The summed E-state index contributed by atoms with van der Waals surface area (Å²) in [5, 5.41) is 3.38. The van der Waals surface area contributed by atoms with E-state index in [0.29, 0.717) is 12.0 Å². The first-order valence-corrected chi connectivity index (χ1v) is 6.72. The van der Waals surface area contributed by atoms with Crippen LogP contribution in [0.15, 0.2) is 24.3 Å². The lowest BCUT2D eigenvalue weighted by molar-refractivity contribution is 0.00744. The molecule has 1 unspecified atom stereocenters. The molecule has 1 aromatic carbocycles. The van der Waals surface area contributed by atoms with Gasteiger partial charge in [-0.1, -0.05) is 38.1 Å². The monoisotopic (exact) mass is 249 g/mol. The molecule has 0 bridgehead atoms. The highest BCUT2D eigenvalue weighted by atomic mass is 16.5. The second-order valence-corrected chi connectivity index (χ2v) is 5.83. The van der Waals surface area contributed by atoms with Gasteiger partial charge < -0.3 is 10.1 Å². The molecule has 0 aliphatic carbocycles. The Balaban J connectivity index is 2.82. The molecule has 0 aliphatic rings. The van der Waals surface area contributed by atoms with Gasteiger partial charge in [-0.25, -0.2) is 0 Å². The Hall–Kier alpha value is -0.860. The number of hydrogen-bond acceptors (Lipinski definition) is 2. The fourth-order valence-electron chi connectivity index (χ4n) is 2.07. The maximum absolute atomic E-state index is 5.51. The predicted molar refractivity (Wildman–Crippen MR) is 78.0 cm³/mol. The van der Waals surface area contributed by atoms with Gasteiger partial charge in [0.2, 0.25) is 0 Å². The average Bonchev–Trinajstić information content (AvgIpc) is 2.36. The van der Waals surface area contributed by atoms with Crippen molar-refractivity contribution >= 4 is 0 Å². The molecule has 1 rings (SSSR count).